The van der Waals surface area contributed by atoms with E-state index in [0.29, 0.717) is 111 Å². The summed E-state index contributed by atoms with van der Waals surface area (Å²) in [5.41, 5.74) is 1.47. The normalized spacial score (nSPS) is 22.4. The molecular formula is C101H132ClN13O28S2. The molecule has 7 aliphatic rings. The molecule has 4 aliphatic carbocycles. The number of nitrogens with one attached hydrogen (secondary N) is 5. The average Bonchev–Trinajstić information content (AvgIpc) is 1.58. The Bertz CT molecular complexity index is 6190. The number of nitrogens with two attached hydrogens (primary N) is 1. The maximum absolute atomic E-state index is 14.7. The molecule has 8 N–H and O–H groups in total. The zero-order chi connectivity index (χ0) is 106. The highest BCUT2D eigenvalue weighted by Crippen LogP contribution is 2.49. The Balaban J connectivity index is 0.000000219. The van der Waals surface area contributed by atoms with Gasteiger partial charge in [0.15, 0.2) is 16.5 Å². The SMILES string of the molecule is C=CC1CC1(N)C(=O)OCC.C=C[C@@H]1C[C@]1(NC(=O)[C@@H]1C[C@@H](Oc2cc(-c3csc(NC(C)C)n3)nc3cc(OC)ccc23)CN1C(=O)[C@@H](NC(=O)OC(C)(C)C)C(C)(C)C)C(=O)NS(=O)(=O)C1CC1.C=C[C@@H]1C[C@]1(NC(=O)[C@@H]1C[C@@H](Oc2cc(C(=O)OC)nc3cc(OC)ccc23)CN1C(=O)OC(C)(C)C)C(=O)OCC.COC(=O)c1cc(O[C@@H]2C[C@@H](C(=O)O)N(C(=O)OC(C)(C)C)C2)c2ccc(OC)cc2n1.Cl. The van der Waals surface area contributed by atoms with Crippen LogP contribution >= 0.6 is 23.7 Å². The monoisotopic (exact) mass is 2070 g/mol. The maximum atomic E-state index is 14.7. The van der Waals surface area contributed by atoms with Crippen molar-refractivity contribution in [1.29, 1.82) is 0 Å². The molecule has 3 aliphatic heterocycles. The summed E-state index contributed by atoms with van der Waals surface area (Å²) in [6.07, 6.45) is 2.69. The number of carbonyl (C=O) groups excluding carboxylic acids is 11. The number of amides is 7. The molecule has 7 amide bonds. The van der Waals surface area contributed by atoms with Crippen LogP contribution in [0, 0.1) is 23.2 Å². The summed E-state index contributed by atoms with van der Waals surface area (Å²) in [7, 11) is 3.15. The number of halogens is 1. The van der Waals surface area contributed by atoms with E-state index in [0.717, 1.165) is 10.0 Å². The molecule has 0 spiro atoms. The second-order valence-corrected chi connectivity index (χ2v) is 43.0. The summed E-state index contributed by atoms with van der Waals surface area (Å²) in [6.45, 7) is 39.9. The average molecular weight is 2080 g/mol. The van der Waals surface area contributed by atoms with Gasteiger partial charge < -0.3 is 98.6 Å². The molecule has 145 heavy (non-hydrogen) atoms. The summed E-state index contributed by atoms with van der Waals surface area (Å²) in [5.74, 6) is -3.97. The second-order valence-electron chi connectivity index (χ2n) is 40.2. The highest BCUT2D eigenvalue weighted by molar-refractivity contribution is 7.91. The Morgan fingerprint density at radius 2 is 0.952 bits per heavy atom. The molecule has 3 saturated heterocycles. The maximum Gasteiger partial charge on any atom is 0.411 e. The molecule has 7 heterocycles. The van der Waals surface area contributed by atoms with Gasteiger partial charge in [0.2, 0.25) is 27.7 Å². The Labute approximate surface area is 851 Å². The first-order chi connectivity index (χ1) is 67.5. The summed E-state index contributed by atoms with van der Waals surface area (Å²) < 4.78 is 99.0. The number of alkyl carbamates (subject to hydrolysis) is 1. The van der Waals surface area contributed by atoms with Crippen molar-refractivity contribution in [3.05, 3.63) is 128 Å². The number of benzene rings is 3. The van der Waals surface area contributed by atoms with E-state index in [1.165, 1.54) is 67.8 Å². The quantitative estimate of drug-likeness (QED) is 0.0121. The Hall–Kier alpha value is -13.4. The topological polar surface area (TPSA) is 527 Å². The van der Waals surface area contributed by atoms with E-state index in [1.807, 2.05) is 25.3 Å². The Morgan fingerprint density at radius 1 is 0.538 bits per heavy atom. The summed E-state index contributed by atoms with van der Waals surface area (Å²) >= 11 is 1.44. The molecule has 788 valence electrons. The van der Waals surface area contributed by atoms with Crippen LogP contribution in [0.1, 0.15) is 183 Å². The molecule has 13 atom stereocenters. The minimum absolute atomic E-state index is 0. The van der Waals surface area contributed by atoms with Gasteiger partial charge in [-0.05, 0) is 164 Å². The van der Waals surface area contributed by atoms with Crippen LogP contribution in [-0.4, -0.2) is 276 Å². The number of anilines is 1. The summed E-state index contributed by atoms with van der Waals surface area (Å²) in [5, 5.41) is 25.1. The predicted octanol–water partition coefficient (Wildman–Crippen LogP) is 12.3. The number of carboxylic acids is 1. The number of hydrogen-bond acceptors (Lipinski definition) is 34. The first-order valence-electron chi connectivity index (χ1n) is 47.1. The van der Waals surface area contributed by atoms with Crippen LogP contribution in [0.2, 0.25) is 0 Å². The molecule has 7 aromatic rings. The molecular weight excluding hydrogens is 1940 g/mol. The number of sulfonamides is 1. The number of thiazole rings is 1. The lowest BCUT2D eigenvalue weighted by molar-refractivity contribution is -0.149. The molecule has 14 rings (SSSR count). The van der Waals surface area contributed by atoms with Gasteiger partial charge in [0.05, 0.1) is 95.9 Å². The van der Waals surface area contributed by atoms with Gasteiger partial charge in [-0.2, -0.15) is 0 Å². The van der Waals surface area contributed by atoms with Gasteiger partial charge >= 0.3 is 48.1 Å². The number of rotatable bonds is 31. The summed E-state index contributed by atoms with van der Waals surface area (Å²) in [6, 6.07) is 16.0. The lowest BCUT2D eigenvalue weighted by Gasteiger charge is -2.36. The number of nitrogens with zero attached hydrogens (tertiary/aromatic N) is 7. The second kappa shape index (κ2) is 45.9. The lowest BCUT2D eigenvalue weighted by Crippen LogP contribution is -2.60. The number of pyridine rings is 3. The zero-order valence-corrected chi connectivity index (χ0v) is 87.8. The number of methoxy groups -OCH3 is 5. The van der Waals surface area contributed by atoms with Crippen LogP contribution in [0.15, 0.2) is 116 Å². The molecule has 41 nitrogen and oxygen atoms in total. The molecule has 4 saturated carbocycles. The number of carbonyl (C=O) groups is 12. The summed E-state index contributed by atoms with van der Waals surface area (Å²) in [4.78, 5) is 178. The van der Waals surface area contributed by atoms with E-state index in [4.69, 9.17) is 77.3 Å². The molecule has 0 radical (unpaired) electrons. The minimum Gasteiger partial charge on any atom is -0.497 e. The van der Waals surface area contributed by atoms with Crippen molar-refractivity contribution in [2.24, 2.45) is 28.9 Å². The third-order valence-corrected chi connectivity index (χ3v) is 26.9. The van der Waals surface area contributed by atoms with Crippen molar-refractivity contribution in [1.82, 2.24) is 55.3 Å². The van der Waals surface area contributed by atoms with Gasteiger partial charge in [-0.1, -0.05) is 39.0 Å². The predicted molar refractivity (Wildman–Crippen MR) is 538 cm³/mol. The van der Waals surface area contributed by atoms with E-state index >= 15 is 0 Å². The van der Waals surface area contributed by atoms with Crippen LogP contribution in [0.3, 0.4) is 0 Å². The van der Waals surface area contributed by atoms with Gasteiger partial charge in [-0.3, -0.25) is 38.5 Å². The fourth-order valence-electron chi connectivity index (χ4n) is 16.6. The fourth-order valence-corrected chi connectivity index (χ4v) is 18.8. The molecule has 7 fully saturated rings. The van der Waals surface area contributed by atoms with Crippen molar-refractivity contribution in [3.63, 3.8) is 0 Å². The standard InChI is InChI=1S/C41H55N7O9S2.C30H37N3O9.C22H26N2O8.C8H13NO2.ClH/c1-11-23-19-41(23,36(51)47-59(53,54)26-13-14-26)46-34(49)31-17-25(20-48(31)35(50)33(39(4,5)6)45-38(52)57-40(7,8)9)56-32-18-29(30-21-58-37(44-30)42-22(2)3)43-28-16-24(55-10)12-15-27(28)32;1-8-17-15-30(17,27(36)40-9-2)32-25(34)23-13-19(16-33(23)28(37)42-29(3,4)5)41-24-14-22(26(35)39-7)31-21-12-18(38-6)10-11-20(21)24;1-22(2,3)32-21(28)24-11-13(9-17(24)19(25)26)31-18-10-16(20(27)30-5)23-15-8-12(29-4)6-7-14(15)18;1-3-6-5-8(6,9)7(10)11-4-2;/h11-12,15-16,18,21-23,25-26,31,33H,1,13-14,17,19-20H2,2-10H3,(H,42,44)(H,45,52)(H,46,49)(H,47,51);8,10-12,14,17,19,23H,1,9,13,15-16H2,2-7H3,(H,32,34);6-8,10,13,17H,9,11H2,1-5H3,(H,25,26);3,6H,1,4-5,9H2,2H3;1H/t23-,25-,31+,33-,41-;17-,19-,23+,30-;13-,17+;;/m111../s1. The van der Waals surface area contributed by atoms with Crippen molar-refractivity contribution in [2.45, 2.75) is 249 Å². The van der Waals surface area contributed by atoms with Crippen molar-refractivity contribution in [2.75, 3.05) is 73.7 Å². The van der Waals surface area contributed by atoms with Crippen LogP contribution < -0.4 is 60.1 Å². The van der Waals surface area contributed by atoms with Crippen LogP contribution in [0.25, 0.3) is 44.1 Å². The van der Waals surface area contributed by atoms with Crippen LogP contribution in [-0.2, 0) is 76.7 Å². The van der Waals surface area contributed by atoms with E-state index in [2.05, 4.69) is 55.7 Å². The lowest BCUT2D eigenvalue weighted by atomic mass is 9.85. The van der Waals surface area contributed by atoms with Crippen molar-refractivity contribution in [3.8, 4) is 45.9 Å². The first kappa shape index (κ1) is 114. The third-order valence-electron chi connectivity index (χ3n) is 24.3. The van der Waals surface area contributed by atoms with Crippen LogP contribution in [0.5, 0.6) is 34.5 Å². The molecule has 44 heteroatoms. The van der Waals surface area contributed by atoms with Gasteiger partial charge in [-0.25, -0.2) is 61.9 Å². The van der Waals surface area contributed by atoms with E-state index in [9.17, 15) is 71.1 Å². The molecule has 2 unspecified atom stereocenters. The number of esters is 4. The van der Waals surface area contributed by atoms with E-state index in [1.54, 1.807) is 171 Å². The number of hydrogen-bond donors (Lipinski definition) is 7. The Morgan fingerprint density at radius 3 is 1.35 bits per heavy atom. The van der Waals surface area contributed by atoms with E-state index < -0.39 is 168 Å². The third kappa shape index (κ3) is 27.8. The molecule has 4 aromatic heterocycles. The Kier molecular flexibility index (Phi) is 35.9. The fraction of sp³-hybridized carbons (Fsp3) is 0.525. The molecule has 0 bridgehead atoms. The van der Waals surface area contributed by atoms with Gasteiger partial charge in [0.25, 0.3) is 5.91 Å². The smallest absolute Gasteiger partial charge is 0.411 e. The minimum atomic E-state index is -3.93. The number of carboxylic acid groups (broad SMARTS) is 1. The van der Waals surface area contributed by atoms with E-state index in [-0.39, 0.29) is 99.6 Å². The number of aromatic nitrogens is 4. The van der Waals surface area contributed by atoms with Crippen molar-refractivity contribution < 1.29 is 133 Å². The number of aliphatic carboxylic acids is 1. The van der Waals surface area contributed by atoms with Gasteiger partial charge in [-0.15, -0.1) is 43.5 Å². The first-order valence-corrected chi connectivity index (χ1v) is 49.6. The van der Waals surface area contributed by atoms with Gasteiger partial charge in [0, 0.05) is 101 Å². The largest absolute Gasteiger partial charge is 0.497 e. The zero-order valence-electron chi connectivity index (χ0n) is 85.4. The van der Waals surface area contributed by atoms with Gasteiger partial charge in [0.1, 0.15) is 116 Å². The highest BCUT2D eigenvalue weighted by Gasteiger charge is 2.64. The number of fused-ring (bicyclic) bond motifs is 3. The molecule has 3 aromatic carbocycles. The van der Waals surface area contributed by atoms with Crippen molar-refractivity contribution >= 4 is 143 Å². The highest BCUT2D eigenvalue weighted by atomic mass is 35.5. The van der Waals surface area contributed by atoms with Crippen LogP contribution in [0.4, 0.5) is 19.5 Å². The number of ether oxygens (including phenoxy) is 13. The number of likely N-dealkylation sites (tertiary alicyclic amines) is 3.